The molecule has 22 heavy (non-hydrogen) atoms. The Morgan fingerprint density at radius 2 is 1.18 bits per heavy atom. The lowest BCUT2D eigenvalue weighted by atomic mass is 10.0. The Kier molecular flexibility index (Phi) is 17.6. The molecule has 0 radical (unpaired) electrons. The standard InChI is InChI=1S/C20H38O2/c1-3-5-6-7-8-9-10-11-12-13-14-15-16-17-18-19-20(21)22-4-2/h18-19H,3-17H2,1-2H3/b19-18+. The minimum atomic E-state index is -0.211. The SMILES string of the molecule is CCCCCCCCCCCCCCC/C=C/C(=O)OCC. The van der Waals surface area contributed by atoms with Crippen LogP contribution in [-0.2, 0) is 9.53 Å². The van der Waals surface area contributed by atoms with E-state index in [1.165, 1.54) is 83.5 Å². The highest BCUT2D eigenvalue weighted by atomic mass is 16.5. The number of rotatable bonds is 16. The third kappa shape index (κ3) is 17.3. The largest absolute Gasteiger partial charge is 0.463 e. The first-order valence-electron chi connectivity index (χ1n) is 9.64. The number of unbranched alkanes of at least 4 members (excludes halogenated alkanes) is 13. The van der Waals surface area contributed by atoms with Gasteiger partial charge in [-0.1, -0.05) is 90.0 Å². The molecule has 0 amide bonds. The van der Waals surface area contributed by atoms with Gasteiger partial charge >= 0.3 is 5.97 Å². The summed E-state index contributed by atoms with van der Waals surface area (Å²) in [5, 5.41) is 0. The van der Waals surface area contributed by atoms with Gasteiger partial charge in [-0.15, -0.1) is 0 Å². The Bertz CT molecular complexity index is 258. The quantitative estimate of drug-likeness (QED) is 0.183. The zero-order chi connectivity index (χ0) is 16.3. The fourth-order valence-electron chi connectivity index (χ4n) is 2.65. The van der Waals surface area contributed by atoms with E-state index in [0.717, 1.165) is 6.42 Å². The second kappa shape index (κ2) is 18.3. The van der Waals surface area contributed by atoms with E-state index < -0.39 is 0 Å². The van der Waals surface area contributed by atoms with Crippen molar-refractivity contribution >= 4 is 5.97 Å². The van der Waals surface area contributed by atoms with Crippen molar-refractivity contribution in [1.82, 2.24) is 0 Å². The maximum Gasteiger partial charge on any atom is 0.330 e. The van der Waals surface area contributed by atoms with Gasteiger partial charge in [0.05, 0.1) is 6.61 Å². The molecule has 0 aliphatic carbocycles. The average molecular weight is 311 g/mol. The Balaban J connectivity index is 3.10. The molecular formula is C20H38O2. The molecule has 0 unspecified atom stereocenters. The zero-order valence-electron chi connectivity index (χ0n) is 15.1. The van der Waals surface area contributed by atoms with Crippen LogP contribution in [0.5, 0.6) is 0 Å². The summed E-state index contributed by atoms with van der Waals surface area (Å²) in [5.41, 5.74) is 0. The molecule has 130 valence electrons. The van der Waals surface area contributed by atoms with Gasteiger partial charge in [0.1, 0.15) is 0 Å². The van der Waals surface area contributed by atoms with E-state index in [2.05, 4.69) is 6.92 Å². The van der Waals surface area contributed by atoms with Crippen LogP contribution in [0.1, 0.15) is 104 Å². The Morgan fingerprint density at radius 1 is 0.727 bits per heavy atom. The smallest absolute Gasteiger partial charge is 0.330 e. The molecule has 0 aromatic heterocycles. The fourth-order valence-corrected chi connectivity index (χ4v) is 2.65. The molecule has 0 heterocycles. The maximum atomic E-state index is 11.1. The van der Waals surface area contributed by atoms with Crippen LogP contribution in [0.3, 0.4) is 0 Å². The van der Waals surface area contributed by atoms with Crippen LogP contribution in [0.4, 0.5) is 0 Å². The second-order valence-corrected chi connectivity index (χ2v) is 6.19. The molecule has 0 fully saturated rings. The molecule has 0 saturated heterocycles. The number of esters is 1. The molecule has 0 rings (SSSR count). The molecule has 0 aliphatic heterocycles. The third-order valence-electron chi connectivity index (χ3n) is 4.01. The van der Waals surface area contributed by atoms with Crippen molar-refractivity contribution in [2.75, 3.05) is 6.61 Å². The van der Waals surface area contributed by atoms with Crippen molar-refractivity contribution in [3.05, 3.63) is 12.2 Å². The van der Waals surface area contributed by atoms with Gasteiger partial charge in [0, 0.05) is 6.08 Å². The number of allylic oxidation sites excluding steroid dienone is 1. The van der Waals surface area contributed by atoms with Gasteiger partial charge < -0.3 is 4.74 Å². The maximum absolute atomic E-state index is 11.1. The van der Waals surface area contributed by atoms with E-state index in [4.69, 9.17) is 4.74 Å². The summed E-state index contributed by atoms with van der Waals surface area (Å²) in [6.45, 7) is 4.57. The van der Waals surface area contributed by atoms with E-state index >= 15 is 0 Å². The first-order chi connectivity index (χ1) is 10.8. The highest BCUT2D eigenvalue weighted by Crippen LogP contribution is 2.12. The van der Waals surface area contributed by atoms with Crippen LogP contribution in [0.2, 0.25) is 0 Å². The van der Waals surface area contributed by atoms with Crippen molar-refractivity contribution in [3.8, 4) is 0 Å². The van der Waals surface area contributed by atoms with Crippen LogP contribution in [-0.4, -0.2) is 12.6 Å². The van der Waals surface area contributed by atoms with Crippen molar-refractivity contribution in [3.63, 3.8) is 0 Å². The van der Waals surface area contributed by atoms with E-state index in [1.807, 2.05) is 13.0 Å². The minimum absolute atomic E-state index is 0.211. The van der Waals surface area contributed by atoms with Crippen molar-refractivity contribution < 1.29 is 9.53 Å². The summed E-state index contributed by atoms with van der Waals surface area (Å²) in [5.74, 6) is -0.211. The Morgan fingerprint density at radius 3 is 1.64 bits per heavy atom. The highest BCUT2D eigenvalue weighted by molar-refractivity contribution is 5.81. The minimum Gasteiger partial charge on any atom is -0.463 e. The molecule has 0 saturated carbocycles. The summed E-state index contributed by atoms with van der Waals surface area (Å²) in [4.78, 5) is 11.1. The molecule has 2 nitrogen and oxygen atoms in total. The molecule has 0 aromatic rings. The van der Waals surface area contributed by atoms with Crippen LogP contribution >= 0.6 is 0 Å². The predicted molar refractivity (Wildman–Crippen MR) is 96.1 cm³/mol. The van der Waals surface area contributed by atoms with Gasteiger partial charge in [0.15, 0.2) is 0 Å². The lowest BCUT2D eigenvalue weighted by Gasteiger charge is -2.02. The molecule has 0 aliphatic rings. The van der Waals surface area contributed by atoms with E-state index in [9.17, 15) is 4.79 Å². The fraction of sp³-hybridized carbons (Fsp3) is 0.850. The molecular weight excluding hydrogens is 272 g/mol. The normalized spacial score (nSPS) is 11.2. The number of hydrogen-bond acceptors (Lipinski definition) is 2. The summed E-state index contributed by atoms with van der Waals surface area (Å²) >= 11 is 0. The number of carbonyl (C=O) groups excluding carboxylic acids is 1. The van der Waals surface area contributed by atoms with Gasteiger partial charge in [0.25, 0.3) is 0 Å². The topological polar surface area (TPSA) is 26.3 Å². The van der Waals surface area contributed by atoms with Gasteiger partial charge in [-0.3, -0.25) is 0 Å². The molecule has 0 spiro atoms. The summed E-state index contributed by atoms with van der Waals surface area (Å²) in [6, 6.07) is 0. The first kappa shape index (κ1) is 21.2. The number of hydrogen-bond donors (Lipinski definition) is 0. The predicted octanol–water partition coefficient (Wildman–Crippen LogP) is 6.59. The Labute approximate surface area is 138 Å². The molecule has 0 N–H and O–H groups in total. The molecule has 2 heteroatoms. The zero-order valence-corrected chi connectivity index (χ0v) is 15.1. The summed E-state index contributed by atoms with van der Waals surface area (Å²) in [7, 11) is 0. The third-order valence-corrected chi connectivity index (χ3v) is 4.01. The van der Waals surface area contributed by atoms with Crippen molar-refractivity contribution in [2.45, 2.75) is 104 Å². The first-order valence-corrected chi connectivity index (χ1v) is 9.64. The van der Waals surface area contributed by atoms with Gasteiger partial charge in [0.2, 0.25) is 0 Å². The van der Waals surface area contributed by atoms with Gasteiger partial charge in [-0.05, 0) is 19.8 Å². The highest BCUT2D eigenvalue weighted by Gasteiger charge is 1.94. The average Bonchev–Trinajstić information content (AvgIpc) is 2.51. The van der Waals surface area contributed by atoms with Gasteiger partial charge in [-0.2, -0.15) is 0 Å². The van der Waals surface area contributed by atoms with E-state index in [-0.39, 0.29) is 5.97 Å². The monoisotopic (exact) mass is 310 g/mol. The summed E-state index contributed by atoms with van der Waals surface area (Å²) in [6.07, 6.45) is 22.4. The van der Waals surface area contributed by atoms with Crippen molar-refractivity contribution in [2.24, 2.45) is 0 Å². The van der Waals surface area contributed by atoms with Crippen molar-refractivity contribution in [1.29, 1.82) is 0 Å². The van der Waals surface area contributed by atoms with Crippen LogP contribution in [0.15, 0.2) is 12.2 Å². The molecule has 0 aromatic carbocycles. The van der Waals surface area contributed by atoms with E-state index in [0.29, 0.717) is 6.61 Å². The number of carbonyl (C=O) groups is 1. The lowest BCUT2D eigenvalue weighted by Crippen LogP contribution is -1.98. The van der Waals surface area contributed by atoms with Crippen LogP contribution in [0.25, 0.3) is 0 Å². The van der Waals surface area contributed by atoms with Gasteiger partial charge in [-0.25, -0.2) is 4.79 Å². The lowest BCUT2D eigenvalue weighted by molar-refractivity contribution is -0.137. The number of ether oxygens (including phenoxy) is 1. The molecule has 0 bridgehead atoms. The Hall–Kier alpha value is -0.790. The van der Waals surface area contributed by atoms with E-state index in [1.54, 1.807) is 6.08 Å². The second-order valence-electron chi connectivity index (χ2n) is 6.19. The van der Waals surface area contributed by atoms with Crippen LogP contribution < -0.4 is 0 Å². The summed E-state index contributed by atoms with van der Waals surface area (Å²) < 4.78 is 4.84. The molecule has 0 atom stereocenters. The van der Waals surface area contributed by atoms with Crippen LogP contribution in [0, 0.1) is 0 Å².